The summed E-state index contributed by atoms with van der Waals surface area (Å²) in [7, 11) is 2.01. The van der Waals surface area contributed by atoms with Crippen LogP contribution in [0.5, 0.6) is 0 Å². The first-order chi connectivity index (χ1) is 6.51. The SMILES string of the molecule is C=C(C)C(=O)CC[Si](OC)(OC)OC. The molecule has 5 heteroatoms. The van der Waals surface area contributed by atoms with Crippen molar-refractivity contribution in [1.29, 1.82) is 0 Å². The molecule has 0 aliphatic rings. The Hall–Kier alpha value is -0.493. The van der Waals surface area contributed by atoms with Crippen LogP contribution < -0.4 is 0 Å². The van der Waals surface area contributed by atoms with Crippen molar-refractivity contribution in [2.75, 3.05) is 21.3 Å². The van der Waals surface area contributed by atoms with E-state index < -0.39 is 8.80 Å². The molecule has 0 rings (SSSR count). The molecule has 0 fully saturated rings. The van der Waals surface area contributed by atoms with Crippen LogP contribution in [0.2, 0.25) is 6.04 Å². The average molecular weight is 218 g/mol. The summed E-state index contributed by atoms with van der Waals surface area (Å²) in [6.07, 6.45) is 0.358. The molecule has 0 aromatic heterocycles. The Morgan fingerprint density at radius 1 is 1.21 bits per heavy atom. The molecule has 82 valence electrons. The maximum absolute atomic E-state index is 11.3. The van der Waals surface area contributed by atoms with Gasteiger partial charge in [0.15, 0.2) is 5.78 Å². The number of allylic oxidation sites excluding steroid dienone is 1. The summed E-state index contributed by atoms with van der Waals surface area (Å²) < 4.78 is 15.5. The van der Waals surface area contributed by atoms with Crippen LogP contribution in [-0.2, 0) is 18.1 Å². The zero-order valence-electron chi connectivity index (χ0n) is 9.25. The van der Waals surface area contributed by atoms with Gasteiger partial charge in [0.2, 0.25) is 0 Å². The highest BCUT2D eigenvalue weighted by Gasteiger charge is 2.37. The van der Waals surface area contributed by atoms with E-state index in [0.29, 0.717) is 18.0 Å². The summed E-state index contributed by atoms with van der Waals surface area (Å²) in [6, 6.07) is 0.488. The number of ketones is 1. The first-order valence-electron chi connectivity index (χ1n) is 4.35. The average Bonchev–Trinajstić information content (AvgIpc) is 2.20. The molecule has 0 radical (unpaired) electrons. The van der Waals surface area contributed by atoms with Crippen molar-refractivity contribution in [2.24, 2.45) is 0 Å². The first kappa shape index (κ1) is 13.5. The lowest BCUT2D eigenvalue weighted by Gasteiger charge is -2.23. The second-order valence-electron chi connectivity index (χ2n) is 3.00. The van der Waals surface area contributed by atoms with E-state index in [2.05, 4.69) is 6.58 Å². The number of hydrogen-bond acceptors (Lipinski definition) is 4. The smallest absolute Gasteiger partial charge is 0.377 e. The van der Waals surface area contributed by atoms with Gasteiger partial charge in [0, 0.05) is 33.8 Å². The van der Waals surface area contributed by atoms with Crippen molar-refractivity contribution in [2.45, 2.75) is 19.4 Å². The number of hydrogen-bond donors (Lipinski definition) is 0. The van der Waals surface area contributed by atoms with Crippen LogP contribution in [0.15, 0.2) is 12.2 Å². The third-order valence-electron chi connectivity index (χ3n) is 2.07. The summed E-state index contributed by atoms with van der Waals surface area (Å²) in [6.45, 7) is 5.27. The van der Waals surface area contributed by atoms with E-state index in [9.17, 15) is 4.79 Å². The molecule has 0 spiro atoms. The molecule has 0 N–H and O–H groups in total. The van der Waals surface area contributed by atoms with Gasteiger partial charge in [0.05, 0.1) is 0 Å². The first-order valence-corrected chi connectivity index (χ1v) is 6.28. The summed E-state index contributed by atoms with van der Waals surface area (Å²) in [5, 5.41) is 0. The monoisotopic (exact) mass is 218 g/mol. The molecule has 0 saturated heterocycles. The summed E-state index contributed by atoms with van der Waals surface area (Å²) in [5.41, 5.74) is 0.552. The van der Waals surface area contributed by atoms with Crippen LogP contribution in [0.3, 0.4) is 0 Å². The minimum Gasteiger partial charge on any atom is -0.377 e. The van der Waals surface area contributed by atoms with E-state index in [4.69, 9.17) is 13.3 Å². The quantitative estimate of drug-likeness (QED) is 0.478. The molecule has 0 amide bonds. The number of rotatable bonds is 7. The predicted octanol–water partition coefficient (Wildman–Crippen LogP) is 1.40. The Morgan fingerprint density at radius 2 is 1.64 bits per heavy atom. The van der Waals surface area contributed by atoms with E-state index in [1.165, 1.54) is 21.3 Å². The van der Waals surface area contributed by atoms with E-state index in [0.717, 1.165) is 0 Å². The zero-order chi connectivity index (χ0) is 11.2. The van der Waals surface area contributed by atoms with Crippen LogP contribution in [-0.4, -0.2) is 35.9 Å². The maximum Gasteiger partial charge on any atom is 0.500 e. The molecule has 0 aromatic carbocycles. The van der Waals surface area contributed by atoms with Gasteiger partial charge in [-0.15, -0.1) is 0 Å². The van der Waals surface area contributed by atoms with E-state index in [-0.39, 0.29) is 5.78 Å². The van der Waals surface area contributed by atoms with Crippen LogP contribution in [0.1, 0.15) is 13.3 Å². The van der Waals surface area contributed by atoms with E-state index in [1.807, 2.05) is 0 Å². The van der Waals surface area contributed by atoms with Gasteiger partial charge in [0.25, 0.3) is 0 Å². The van der Waals surface area contributed by atoms with Crippen molar-refractivity contribution in [1.82, 2.24) is 0 Å². The van der Waals surface area contributed by atoms with E-state index >= 15 is 0 Å². The fourth-order valence-electron chi connectivity index (χ4n) is 1.04. The van der Waals surface area contributed by atoms with Crippen molar-refractivity contribution in [3.05, 3.63) is 12.2 Å². The van der Waals surface area contributed by atoms with Gasteiger partial charge >= 0.3 is 8.80 Å². The highest BCUT2D eigenvalue weighted by Crippen LogP contribution is 2.16. The van der Waals surface area contributed by atoms with Crippen molar-refractivity contribution >= 4 is 14.6 Å². The lowest BCUT2D eigenvalue weighted by molar-refractivity contribution is -0.115. The van der Waals surface area contributed by atoms with E-state index in [1.54, 1.807) is 6.92 Å². The third-order valence-corrected chi connectivity index (χ3v) is 4.80. The topological polar surface area (TPSA) is 44.8 Å². The Labute approximate surface area is 86.2 Å². The Morgan fingerprint density at radius 3 is 1.93 bits per heavy atom. The summed E-state index contributed by atoms with van der Waals surface area (Å²) in [5.74, 6) is 0.0213. The van der Waals surface area contributed by atoms with Crippen LogP contribution in [0, 0.1) is 0 Å². The fraction of sp³-hybridized carbons (Fsp3) is 0.667. The standard InChI is InChI=1S/C9H18O4Si/c1-8(2)9(10)6-7-14(11-3,12-4)13-5/h1,6-7H2,2-5H3. The van der Waals surface area contributed by atoms with Gasteiger partial charge < -0.3 is 13.3 Å². The molecular weight excluding hydrogens is 200 g/mol. The highest BCUT2D eigenvalue weighted by atomic mass is 28.4. The van der Waals surface area contributed by atoms with Gasteiger partial charge in [0.1, 0.15) is 0 Å². The molecule has 0 heterocycles. The second-order valence-corrected chi connectivity index (χ2v) is 6.09. The molecule has 0 aliphatic heterocycles. The Balaban J connectivity index is 4.19. The Kier molecular flexibility index (Phi) is 5.86. The highest BCUT2D eigenvalue weighted by molar-refractivity contribution is 6.60. The fourth-order valence-corrected chi connectivity index (χ4v) is 2.68. The van der Waals surface area contributed by atoms with Crippen LogP contribution in [0.25, 0.3) is 0 Å². The number of carbonyl (C=O) groups is 1. The van der Waals surface area contributed by atoms with Gasteiger partial charge in [-0.3, -0.25) is 4.79 Å². The molecule has 0 aromatic rings. The normalized spacial score (nSPS) is 11.4. The number of carbonyl (C=O) groups excluding carboxylic acids is 1. The zero-order valence-corrected chi connectivity index (χ0v) is 10.3. The summed E-state index contributed by atoms with van der Waals surface area (Å²) >= 11 is 0. The molecule has 4 nitrogen and oxygen atoms in total. The van der Waals surface area contributed by atoms with Gasteiger partial charge in [-0.25, -0.2) is 0 Å². The van der Waals surface area contributed by atoms with Crippen molar-refractivity contribution in [3.8, 4) is 0 Å². The summed E-state index contributed by atoms with van der Waals surface area (Å²) in [4.78, 5) is 11.3. The third kappa shape index (κ3) is 3.71. The largest absolute Gasteiger partial charge is 0.500 e. The Bertz CT molecular complexity index is 203. The van der Waals surface area contributed by atoms with Crippen molar-refractivity contribution in [3.63, 3.8) is 0 Å². The van der Waals surface area contributed by atoms with Crippen LogP contribution in [0.4, 0.5) is 0 Å². The molecular formula is C9H18O4Si. The molecule has 0 unspecified atom stereocenters. The second kappa shape index (κ2) is 6.08. The minimum atomic E-state index is -2.59. The maximum atomic E-state index is 11.3. The molecule has 0 saturated carbocycles. The molecule has 0 atom stereocenters. The lowest BCUT2D eigenvalue weighted by Crippen LogP contribution is -2.43. The molecule has 14 heavy (non-hydrogen) atoms. The number of Topliss-reactive ketones (excluding diaryl/α,β-unsaturated/α-hetero) is 1. The van der Waals surface area contributed by atoms with Gasteiger partial charge in [-0.2, -0.15) is 0 Å². The molecule has 0 bridgehead atoms. The van der Waals surface area contributed by atoms with Gasteiger partial charge in [-0.05, 0) is 12.5 Å². The predicted molar refractivity (Wildman–Crippen MR) is 56.0 cm³/mol. The van der Waals surface area contributed by atoms with Crippen molar-refractivity contribution < 1.29 is 18.1 Å². The van der Waals surface area contributed by atoms with Crippen LogP contribution >= 0.6 is 0 Å². The minimum absolute atomic E-state index is 0.0213. The van der Waals surface area contributed by atoms with Gasteiger partial charge in [-0.1, -0.05) is 6.58 Å². The lowest BCUT2D eigenvalue weighted by atomic mass is 10.2. The molecule has 0 aliphatic carbocycles.